The van der Waals surface area contributed by atoms with Gasteiger partial charge in [0.05, 0.1) is 11.0 Å². The molecule has 3 rings (SSSR count). The second-order valence-electron chi connectivity index (χ2n) is 5.66. The fourth-order valence-corrected chi connectivity index (χ4v) is 3.66. The number of hydrogen-bond acceptors (Lipinski definition) is 4. The maximum absolute atomic E-state index is 12.4. The Morgan fingerprint density at radius 3 is 2.67 bits per heavy atom. The van der Waals surface area contributed by atoms with Gasteiger partial charge in [-0.05, 0) is 30.2 Å². The van der Waals surface area contributed by atoms with Gasteiger partial charge in [0.15, 0.2) is 0 Å². The van der Waals surface area contributed by atoms with E-state index in [0.717, 1.165) is 11.1 Å². The molecule has 2 aromatic rings. The highest BCUT2D eigenvalue weighted by Gasteiger charge is 2.23. The van der Waals surface area contributed by atoms with E-state index in [1.807, 2.05) is 37.3 Å². The van der Waals surface area contributed by atoms with Crippen LogP contribution in [0.4, 0.5) is 0 Å². The predicted molar refractivity (Wildman–Crippen MR) is 93.0 cm³/mol. The van der Waals surface area contributed by atoms with E-state index < -0.39 is 16.1 Å². The van der Waals surface area contributed by atoms with Crippen LogP contribution in [0.5, 0.6) is 5.75 Å². The minimum atomic E-state index is -3.72. The van der Waals surface area contributed by atoms with E-state index in [1.165, 1.54) is 0 Å². The highest BCUT2D eigenvalue weighted by Crippen LogP contribution is 2.27. The molecule has 5 nitrogen and oxygen atoms in total. The van der Waals surface area contributed by atoms with Crippen LogP contribution < -0.4 is 9.46 Å². The molecule has 0 bridgehead atoms. The SMILES string of the molecule is Cc1ccccc1[C@H](O)CNS(=O)(=O)C1=Cc2ccccc2OC1. The number of rotatable bonds is 5. The molecular weight excluding hydrogens is 326 g/mol. The van der Waals surface area contributed by atoms with Crippen LogP contribution in [0.2, 0.25) is 0 Å². The van der Waals surface area contributed by atoms with Gasteiger partial charge < -0.3 is 9.84 Å². The maximum Gasteiger partial charge on any atom is 0.240 e. The molecule has 2 aromatic carbocycles. The van der Waals surface area contributed by atoms with Gasteiger partial charge in [-0.15, -0.1) is 0 Å². The highest BCUT2D eigenvalue weighted by atomic mass is 32.2. The van der Waals surface area contributed by atoms with Crippen LogP contribution in [0.15, 0.2) is 53.4 Å². The largest absolute Gasteiger partial charge is 0.487 e. The van der Waals surface area contributed by atoms with Crippen molar-refractivity contribution in [2.24, 2.45) is 0 Å². The molecule has 0 amide bonds. The van der Waals surface area contributed by atoms with Gasteiger partial charge in [-0.25, -0.2) is 13.1 Å². The molecular formula is C18H19NO4S. The van der Waals surface area contributed by atoms with Crippen molar-refractivity contribution < 1.29 is 18.3 Å². The summed E-state index contributed by atoms with van der Waals surface area (Å²) >= 11 is 0. The lowest BCUT2D eigenvalue weighted by Crippen LogP contribution is -2.32. The topological polar surface area (TPSA) is 75.6 Å². The van der Waals surface area contributed by atoms with E-state index in [2.05, 4.69) is 4.72 Å². The number of aryl methyl sites for hydroxylation is 1. The van der Waals surface area contributed by atoms with Crippen LogP contribution in [-0.2, 0) is 10.0 Å². The van der Waals surface area contributed by atoms with Gasteiger partial charge in [0.25, 0.3) is 0 Å². The van der Waals surface area contributed by atoms with E-state index in [4.69, 9.17) is 4.74 Å². The molecule has 0 aromatic heterocycles. The Labute approximate surface area is 141 Å². The summed E-state index contributed by atoms with van der Waals surface area (Å²) in [5.41, 5.74) is 2.35. The summed E-state index contributed by atoms with van der Waals surface area (Å²) in [5.74, 6) is 0.663. The average molecular weight is 345 g/mol. The van der Waals surface area contributed by atoms with Gasteiger partial charge in [-0.2, -0.15) is 0 Å². The standard InChI is InChI=1S/C18H19NO4S/c1-13-6-2-4-8-16(13)17(20)11-19-24(21,22)15-10-14-7-3-5-9-18(14)23-12-15/h2-10,17,19-20H,11-12H2,1H3/t17-/m1/s1. The second-order valence-corrected chi connectivity index (χ2v) is 7.48. The van der Waals surface area contributed by atoms with Crippen LogP contribution in [0, 0.1) is 6.92 Å². The molecule has 0 saturated heterocycles. The lowest BCUT2D eigenvalue weighted by molar-refractivity contribution is 0.181. The molecule has 0 radical (unpaired) electrons. The quantitative estimate of drug-likeness (QED) is 0.872. The lowest BCUT2D eigenvalue weighted by Gasteiger charge is -2.19. The highest BCUT2D eigenvalue weighted by molar-refractivity contribution is 7.93. The zero-order valence-corrected chi connectivity index (χ0v) is 14.1. The summed E-state index contributed by atoms with van der Waals surface area (Å²) in [5, 5.41) is 10.2. The molecule has 1 aliphatic rings. The fourth-order valence-electron chi connectivity index (χ4n) is 2.60. The van der Waals surface area contributed by atoms with E-state index in [0.29, 0.717) is 11.3 Å². The van der Waals surface area contributed by atoms with Crippen LogP contribution in [-0.4, -0.2) is 26.7 Å². The predicted octanol–water partition coefficient (Wildman–Crippen LogP) is 2.38. The Kier molecular flexibility index (Phi) is 4.71. The second kappa shape index (κ2) is 6.76. The summed E-state index contributed by atoms with van der Waals surface area (Å²) in [6.07, 6.45) is 0.694. The molecule has 0 unspecified atom stereocenters. The lowest BCUT2D eigenvalue weighted by atomic mass is 10.0. The van der Waals surface area contributed by atoms with Gasteiger partial charge in [0.2, 0.25) is 10.0 Å². The maximum atomic E-state index is 12.4. The third-order valence-corrected chi connectivity index (χ3v) is 5.44. The van der Waals surface area contributed by atoms with E-state index in [1.54, 1.807) is 24.3 Å². The van der Waals surface area contributed by atoms with Crippen molar-refractivity contribution in [1.82, 2.24) is 4.72 Å². The molecule has 2 N–H and O–H groups in total. The molecule has 0 aliphatic carbocycles. The normalized spacial score (nSPS) is 15.2. The molecule has 1 heterocycles. The first-order chi connectivity index (χ1) is 11.5. The molecule has 1 aliphatic heterocycles. The fraction of sp³-hybridized carbons (Fsp3) is 0.222. The molecule has 0 spiro atoms. The first-order valence-corrected chi connectivity index (χ1v) is 9.11. The van der Waals surface area contributed by atoms with Gasteiger partial charge in [-0.3, -0.25) is 0 Å². The van der Waals surface area contributed by atoms with Crippen LogP contribution in [0.1, 0.15) is 22.8 Å². The van der Waals surface area contributed by atoms with Crippen molar-refractivity contribution in [3.05, 3.63) is 70.1 Å². The number of aliphatic hydroxyl groups excluding tert-OH is 1. The van der Waals surface area contributed by atoms with E-state index in [9.17, 15) is 13.5 Å². The van der Waals surface area contributed by atoms with E-state index in [-0.39, 0.29) is 18.1 Å². The van der Waals surface area contributed by atoms with Gasteiger partial charge in [0.1, 0.15) is 12.4 Å². The minimum absolute atomic E-state index is 0.0210. The Balaban J connectivity index is 1.73. The van der Waals surface area contributed by atoms with E-state index >= 15 is 0 Å². The molecule has 0 fully saturated rings. The minimum Gasteiger partial charge on any atom is -0.487 e. The average Bonchev–Trinajstić information content (AvgIpc) is 2.60. The smallest absolute Gasteiger partial charge is 0.240 e. The van der Waals surface area contributed by atoms with Crippen molar-refractivity contribution in [3.8, 4) is 5.75 Å². The Bertz CT molecular complexity index is 874. The summed E-state index contributed by atoms with van der Waals surface area (Å²) in [6, 6.07) is 14.6. The first-order valence-electron chi connectivity index (χ1n) is 7.63. The Hall–Kier alpha value is -2.15. The molecule has 6 heteroatoms. The zero-order valence-electron chi connectivity index (χ0n) is 13.3. The van der Waals surface area contributed by atoms with Crippen molar-refractivity contribution in [2.75, 3.05) is 13.2 Å². The summed E-state index contributed by atoms with van der Waals surface area (Å²) in [6.45, 7) is 1.76. The third kappa shape index (κ3) is 3.51. The van der Waals surface area contributed by atoms with Crippen molar-refractivity contribution in [3.63, 3.8) is 0 Å². The number of para-hydroxylation sites is 1. The summed E-state index contributed by atoms with van der Waals surface area (Å²) < 4.78 is 32.8. The Morgan fingerprint density at radius 2 is 1.88 bits per heavy atom. The van der Waals surface area contributed by atoms with Crippen LogP contribution in [0.3, 0.4) is 0 Å². The number of aliphatic hydroxyl groups is 1. The van der Waals surface area contributed by atoms with Gasteiger partial charge in [0, 0.05) is 12.1 Å². The van der Waals surface area contributed by atoms with Gasteiger partial charge >= 0.3 is 0 Å². The molecule has 0 saturated carbocycles. The number of fused-ring (bicyclic) bond motifs is 1. The number of benzene rings is 2. The number of hydrogen-bond donors (Lipinski definition) is 2. The summed E-state index contributed by atoms with van der Waals surface area (Å²) in [4.78, 5) is 0.151. The Morgan fingerprint density at radius 1 is 1.17 bits per heavy atom. The summed E-state index contributed by atoms with van der Waals surface area (Å²) in [7, 11) is -3.72. The molecule has 126 valence electrons. The molecule has 1 atom stereocenters. The van der Waals surface area contributed by atoms with Crippen LogP contribution >= 0.6 is 0 Å². The monoisotopic (exact) mass is 345 g/mol. The zero-order chi connectivity index (χ0) is 17.2. The van der Waals surface area contributed by atoms with Crippen molar-refractivity contribution in [1.29, 1.82) is 0 Å². The molecule has 24 heavy (non-hydrogen) atoms. The number of nitrogens with one attached hydrogen (secondary N) is 1. The number of ether oxygens (including phenoxy) is 1. The third-order valence-electron chi connectivity index (χ3n) is 3.96. The number of sulfonamides is 1. The first kappa shape index (κ1) is 16.7. The van der Waals surface area contributed by atoms with Crippen LogP contribution in [0.25, 0.3) is 6.08 Å². The van der Waals surface area contributed by atoms with Crippen molar-refractivity contribution >= 4 is 16.1 Å². The van der Waals surface area contributed by atoms with Crippen molar-refractivity contribution in [2.45, 2.75) is 13.0 Å². The van der Waals surface area contributed by atoms with Gasteiger partial charge in [-0.1, -0.05) is 42.5 Å².